The van der Waals surface area contributed by atoms with Gasteiger partial charge in [-0.25, -0.2) is 4.98 Å². The Morgan fingerprint density at radius 1 is 1.00 bits per heavy atom. The normalized spacial score (nSPS) is 12.0. The Balaban J connectivity index is 1.72. The van der Waals surface area contributed by atoms with Crippen LogP contribution in [-0.4, -0.2) is 20.9 Å². The summed E-state index contributed by atoms with van der Waals surface area (Å²) >= 11 is 0. The van der Waals surface area contributed by atoms with Gasteiger partial charge in [0.2, 0.25) is 0 Å². The monoisotopic (exact) mass is 328 g/mol. The van der Waals surface area contributed by atoms with Crippen LogP contribution in [0.15, 0.2) is 79.4 Å². The minimum Gasteiger partial charge on any atom is -0.345 e. The highest BCUT2D eigenvalue weighted by molar-refractivity contribution is 5.94. The van der Waals surface area contributed by atoms with E-state index in [0.717, 1.165) is 22.2 Å². The molecule has 0 aliphatic heterocycles. The number of hydrogen-bond donors (Lipinski definition) is 2. The van der Waals surface area contributed by atoms with Crippen LogP contribution >= 0.6 is 0 Å². The molecule has 2 heterocycles. The molecule has 0 saturated carbocycles. The number of amides is 1. The summed E-state index contributed by atoms with van der Waals surface area (Å²) in [4.78, 5) is 24.0. The van der Waals surface area contributed by atoms with Crippen LogP contribution in [0.25, 0.3) is 11.0 Å². The Morgan fingerprint density at radius 2 is 1.88 bits per heavy atom. The second-order valence-corrected chi connectivity index (χ2v) is 5.74. The van der Waals surface area contributed by atoms with E-state index in [1.807, 2.05) is 48.5 Å². The number of H-pyrrole nitrogens is 1. The summed E-state index contributed by atoms with van der Waals surface area (Å²) in [6, 6.07) is 19.1. The molecule has 1 amide bonds. The zero-order valence-corrected chi connectivity index (χ0v) is 13.4. The number of pyridine rings is 1. The first-order valence-corrected chi connectivity index (χ1v) is 8.00. The molecule has 0 aliphatic carbocycles. The third-order valence-electron chi connectivity index (χ3n) is 4.11. The molecule has 0 saturated heterocycles. The lowest BCUT2D eigenvalue weighted by Crippen LogP contribution is -2.29. The van der Waals surface area contributed by atoms with Crippen molar-refractivity contribution in [2.24, 2.45) is 0 Å². The van der Waals surface area contributed by atoms with Gasteiger partial charge >= 0.3 is 0 Å². The molecule has 0 bridgehead atoms. The molecule has 4 rings (SSSR count). The maximum Gasteiger partial charge on any atom is 0.253 e. The predicted molar refractivity (Wildman–Crippen MR) is 96.1 cm³/mol. The van der Waals surface area contributed by atoms with E-state index in [1.54, 1.807) is 30.9 Å². The minimum atomic E-state index is -0.262. The lowest BCUT2D eigenvalue weighted by atomic mass is 9.98. The van der Waals surface area contributed by atoms with Crippen molar-refractivity contribution in [2.45, 2.75) is 6.04 Å². The van der Waals surface area contributed by atoms with Gasteiger partial charge in [-0.05, 0) is 35.4 Å². The fourth-order valence-electron chi connectivity index (χ4n) is 2.85. The molecule has 25 heavy (non-hydrogen) atoms. The lowest BCUT2D eigenvalue weighted by molar-refractivity contribution is 0.0942. The summed E-state index contributed by atoms with van der Waals surface area (Å²) in [6.45, 7) is 0. The average molecular weight is 328 g/mol. The first-order valence-electron chi connectivity index (χ1n) is 8.00. The number of aromatic amines is 1. The standard InChI is InChI=1S/C20H16N4O/c25-20(16-7-4-10-21-12-16)24-19(14-5-2-1-3-6-14)15-8-9-17-18(11-15)23-13-22-17/h1-13,19H,(H,22,23)(H,24,25)/t19-/m0/s1. The van der Waals surface area contributed by atoms with E-state index in [9.17, 15) is 4.79 Å². The molecule has 5 nitrogen and oxygen atoms in total. The van der Waals surface area contributed by atoms with Gasteiger partial charge in [-0.1, -0.05) is 36.4 Å². The van der Waals surface area contributed by atoms with Gasteiger partial charge in [-0.15, -0.1) is 0 Å². The number of imidazole rings is 1. The Hall–Kier alpha value is -3.47. The number of aromatic nitrogens is 3. The Labute approximate surface area is 144 Å². The number of carbonyl (C=O) groups is 1. The summed E-state index contributed by atoms with van der Waals surface area (Å²) < 4.78 is 0. The average Bonchev–Trinajstić information content (AvgIpc) is 3.15. The number of nitrogens with one attached hydrogen (secondary N) is 2. The molecule has 4 aromatic rings. The molecule has 2 aromatic carbocycles. The van der Waals surface area contributed by atoms with Crippen LogP contribution in [0.1, 0.15) is 27.5 Å². The second-order valence-electron chi connectivity index (χ2n) is 5.74. The van der Waals surface area contributed by atoms with Gasteiger partial charge in [0, 0.05) is 12.4 Å². The van der Waals surface area contributed by atoms with Gasteiger partial charge in [0.15, 0.2) is 0 Å². The molecular weight excluding hydrogens is 312 g/mol. The van der Waals surface area contributed by atoms with Crippen molar-refractivity contribution in [3.63, 3.8) is 0 Å². The molecule has 122 valence electrons. The summed E-state index contributed by atoms with van der Waals surface area (Å²) in [5.74, 6) is -0.160. The van der Waals surface area contributed by atoms with E-state index < -0.39 is 0 Å². The highest BCUT2D eigenvalue weighted by Gasteiger charge is 2.18. The number of nitrogens with zero attached hydrogens (tertiary/aromatic N) is 2. The Kier molecular flexibility index (Phi) is 3.96. The van der Waals surface area contributed by atoms with E-state index in [-0.39, 0.29) is 11.9 Å². The van der Waals surface area contributed by atoms with Crippen molar-refractivity contribution >= 4 is 16.9 Å². The van der Waals surface area contributed by atoms with Crippen molar-refractivity contribution in [2.75, 3.05) is 0 Å². The molecule has 0 fully saturated rings. The molecule has 0 aliphatic rings. The first-order chi connectivity index (χ1) is 12.3. The van der Waals surface area contributed by atoms with Gasteiger partial charge in [-0.3, -0.25) is 9.78 Å². The SMILES string of the molecule is O=C(N[C@@H](c1ccccc1)c1ccc2nc[nH]c2c1)c1cccnc1. The molecule has 2 aromatic heterocycles. The lowest BCUT2D eigenvalue weighted by Gasteiger charge is -2.20. The van der Waals surface area contributed by atoms with E-state index in [4.69, 9.17) is 0 Å². The van der Waals surface area contributed by atoms with Crippen molar-refractivity contribution in [3.05, 3.63) is 96.1 Å². The summed E-state index contributed by atoms with van der Waals surface area (Å²) in [5, 5.41) is 3.11. The van der Waals surface area contributed by atoms with Crippen LogP contribution in [0, 0.1) is 0 Å². The van der Waals surface area contributed by atoms with Crippen molar-refractivity contribution in [1.82, 2.24) is 20.3 Å². The van der Waals surface area contributed by atoms with E-state index >= 15 is 0 Å². The van der Waals surface area contributed by atoms with Gasteiger partial charge in [-0.2, -0.15) is 0 Å². The quantitative estimate of drug-likeness (QED) is 0.602. The number of rotatable bonds is 4. The van der Waals surface area contributed by atoms with Crippen molar-refractivity contribution in [3.8, 4) is 0 Å². The molecule has 1 atom stereocenters. The molecule has 0 radical (unpaired) electrons. The predicted octanol–water partition coefficient (Wildman–Crippen LogP) is 3.48. The van der Waals surface area contributed by atoms with Gasteiger partial charge < -0.3 is 10.3 Å². The third-order valence-corrected chi connectivity index (χ3v) is 4.11. The zero-order chi connectivity index (χ0) is 17.1. The highest BCUT2D eigenvalue weighted by Crippen LogP contribution is 2.25. The zero-order valence-electron chi connectivity index (χ0n) is 13.4. The summed E-state index contributed by atoms with van der Waals surface area (Å²) in [5.41, 5.74) is 4.37. The maximum absolute atomic E-state index is 12.6. The molecular formula is C20H16N4O. The largest absolute Gasteiger partial charge is 0.345 e. The third kappa shape index (κ3) is 3.12. The number of hydrogen-bond acceptors (Lipinski definition) is 3. The maximum atomic E-state index is 12.6. The second kappa shape index (κ2) is 6.57. The van der Waals surface area contributed by atoms with Crippen LogP contribution in [0.2, 0.25) is 0 Å². The highest BCUT2D eigenvalue weighted by atomic mass is 16.1. The number of carbonyl (C=O) groups excluding carboxylic acids is 1. The summed E-state index contributed by atoms with van der Waals surface area (Å²) in [7, 11) is 0. The van der Waals surface area contributed by atoms with Crippen molar-refractivity contribution in [1.29, 1.82) is 0 Å². The van der Waals surface area contributed by atoms with Crippen molar-refractivity contribution < 1.29 is 4.79 Å². The fourth-order valence-corrected chi connectivity index (χ4v) is 2.85. The van der Waals surface area contributed by atoms with E-state index in [0.29, 0.717) is 5.56 Å². The van der Waals surface area contributed by atoms with E-state index in [2.05, 4.69) is 20.3 Å². The van der Waals surface area contributed by atoms with E-state index in [1.165, 1.54) is 0 Å². The van der Waals surface area contributed by atoms with Gasteiger partial charge in [0.05, 0.1) is 29.0 Å². The first kappa shape index (κ1) is 15.1. The Bertz CT molecular complexity index is 996. The van der Waals surface area contributed by atoms with Crippen LogP contribution in [0.3, 0.4) is 0 Å². The number of fused-ring (bicyclic) bond motifs is 1. The van der Waals surface area contributed by atoms with Gasteiger partial charge in [0.25, 0.3) is 5.91 Å². The van der Waals surface area contributed by atoms with Crippen LogP contribution < -0.4 is 5.32 Å². The van der Waals surface area contributed by atoms with Crippen LogP contribution in [-0.2, 0) is 0 Å². The molecule has 5 heteroatoms. The van der Waals surface area contributed by atoms with Crippen LogP contribution in [0.4, 0.5) is 0 Å². The fraction of sp³-hybridized carbons (Fsp3) is 0.0500. The molecule has 0 unspecified atom stereocenters. The smallest absolute Gasteiger partial charge is 0.253 e. The Morgan fingerprint density at radius 3 is 2.68 bits per heavy atom. The molecule has 2 N–H and O–H groups in total. The topological polar surface area (TPSA) is 70.7 Å². The molecule has 0 spiro atoms. The number of benzene rings is 2. The van der Waals surface area contributed by atoms with Crippen LogP contribution in [0.5, 0.6) is 0 Å². The minimum absolute atomic E-state index is 0.160. The van der Waals surface area contributed by atoms with Gasteiger partial charge in [0.1, 0.15) is 0 Å². The summed E-state index contributed by atoms with van der Waals surface area (Å²) in [6.07, 6.45) is 4.88.